The zero-order valence-corrected chi connectivity index (χ0v) is 11.0. The first kappa shape index (κ1) is 15.8. The molecule has 2 rings (SSSR count). The van der Waals surface area contributed by atoms with E-state index < -0.39 is 23.2 Å². The molecular weight excluding hydrogens is 281 g/mol. The summed E-state index contributed by atoms with van der Waals surface area (Å²) in [7, 11) is 0. The predicted octanol–water partition coefficient (Wildman–Crippen LogP) is 2.87. The Morgan fingerprint density at radius 2 is 1.95 bits per heavy atom. The highest BCUT2D eigenvalue weighted by atomic mass is 35.5. The highest BCUT2D eigenvalue weighted by molar-refractivity contribution is 6.00. The molecule has 1 fully saturated rings. The average molecular weight is 295 g/mol. The number of carbonyl (C=O) groups is 1. The van der Waals surface area contributed by atoms with Crippen LogP contribution in [0.25, 0.3) is 0 Å². The Hall–Kier alpha value is -1.27. The van der Waals surface area contributed by atoms with Crippen LogP contribution in [0.3, 0.4) is 0 Å². The molecular formula is C12H14ClF3N2O. The second-order valence-corrected chi connectivity index (χ2v) is 4.59. The molecule has 1 aromatic rings. The Morgan fingerprint density at radius 1 is 1.37 bits per heavy atom. The van der Waals surface area contributed by atoms with Crippen LogP contribution in [0.2, 0.25) is 0 Å². The van der Waals surface area contributed by atoms with E-state index in [1.165, 1.54) is 19.1 Å². The number of rotatable bonds is 2. The van der Waals surface area contributed by atoms with E-state index in [-0.39, 0.29) is 23.7 Å². The lowest BCUT2D eigenvalue weighted by atomic mass is 10.1. The van der Waals surface area contributed by atoms with E-state index in [0.717, 1.165) is 6.07 Å². The molecule has 0 aromatic heterocycles. The van der Waals surface area contributed by atoms with Gasteiger partial charge in [0.15, 0.2) is 0 Å². The molecule has 1 aliphatic carbocycles. The maximum absolute atomic E-state index is 12.7. The van der Waals surface area contributed by atoms with Gasteiger partial charge in [0, 0.05) is 5.69 Å². The van der Waals surface area contributed by atoms with Crippen molar-refractivity contribution in [3.63, 3.8) is 0 Å². The fourth-order valence-corrected chi connectivity index (χ4v) is 1.69. The van der Waals surface area contributed by atoms with Gasteiger partial charge in [0.25, 0.3) is 0 Å². The first-order valence-corrected chi connectivity index (χ1v) is 5.51. The Bertz CT molecular complexity index is 498. The molecule has 1 aliphatic rings. The molecule has 0 radical (unpaired) electrons. The van der Waals surface area contributed by atoms with Gasteiger partial charge in [0.2, 0.25) is 5.91 Å². The van der Waals surface area contributed by atoms with E-state index >= 15 is 0 Å². The van der Waals surface area contributed by atoms with Crippen LogP contribution >= 0.6 is 12.4 Å². The minimum absolute atomic E-state index is 0. The summed E-state index contributed by atoms with van der Waals surface area (Å²) in [5, 5.41) is 2.46. The number of carbonyl (C=O) groups excluding carboxylic acids is 1. The number of alkyl halides is 3. The molecule has 1 amide bonds. The lowest BCUT2D eigenvalue weighted by molar-refractivity contribution is -0.138. The van der Waals surface area contributed by atoms with Gasteiger partial charge in [-0.05, 0) is 37.5 Å². The second-order valence-electron chi connectivity index (χ2n) is 4.59. The molecule has 3 N–H and O–H groups in total. The standard InChI is InChI=1S/C12H13F3N2O.ClH/c1-7-8(12(13,14)15)3-2-4-9(7)17-10(18)11(16)5-6-11;/h2-4H,5-6,16H2,1H3,(H,17,18);1H. The molecule has 0 atom stereocenters. The summed E-state index contributed by atoms with van der Waals surface area (Å²) < 4.78 is 38.0. The van der Waals surface area contributed by atoms with Crippen molar-refractivity contribution in [3.05, 3.63) is 29.3 Å². The normalized spacial score (nSPS) is 16.5. The van der Waals surface area contributed by atoms with Crippen molar-refractivity contribution in [3.8, 4) is 0 Å². The fourth-order valence-electron chi connectivity index (χ4n) is 1.69. The van der Waals surface area contributed by atoms with Crippen LogP contribution in [0.1, 0.15) is 24.0 Å². The highest BCUT2D eigenvalue weighted by Crippen LogP contribution is 2.36. The summed E-state index contributed by atoms with van der Waals surface area (Å²) in [6, 6.07) is 3.69. The summed E-state index contributed by atoms with van der Waals surface area (Å²) >= 11 is 0. The van der Waals surface area contributed by atoms with Crippen LogP contribution in [0.5, 0.6) is 0 Å². The van der Waals surface area contributed by atoms with Crippen molar-refractivity contribution in [2.45, 2.75) is 31.5 Å². The third-order valence-electron chi connectivity index (χ3n) is 3.13. The number of nitrogens with two attached hydrogens (primary N) is 1. The zero-order valence-electron chi connectivity index (χ0n) is 10.2. The van der Waals surface area contributed by atoms with Gasteiger partial charge in [-0.3, -0.25) is 4.79 Å². The number of amides is 1. The molecule has 0 unspecified atom stereocenters. The molecule has 0 aliphatic heterocycles. The third-order valence-corrected chi connectivity index (χ3v) is 3.13. The van der Waals surface area contributed by atoms with Crippen molar-refractivity contribution >= 4 is 24.0 Å². The fraction of sp³-hybridized carbons (Fsp3) is 0.417. The van der Waals surface area contributed by atoms with Gasteiger partial charge in [-0.25, -0.2) is 0 Å². The number of hydrogen-bond donors (Lipinski definition) is 2. The maximum Gasteiger partial charge on any atom is 0.416 e. The van der Waals surface area contributed by atoms with Gasteiger partial charge in [-0.1, -0.05) is 6.07 Å². The van der Waals surface area contributed by atoms with Crippen LogP contribution < -0.4 is 11.1 Å². The maximum atomic E-state index is 12.7. The molecule has 3 nitrogen and oxygen atoms in total. The van der Waals surface area contributed by atoms with Crippen molar-refractivity contribution < 1.29 is 18.0 Å². The van der Waals surface area contributed by atoms with Gasteiger partial charge < -0.3 is 11.1 Å². The first-order valence-electron chi connectivity index (χ1n) is 5.51. The Kier molecular flexibility index (Phi) is 4.17. The zero-order chi connectivity index (χ0) is 13.6. The summed E-state index contributed by atoms with van der Waals surface area (Å²) in [5.74, 6) is -0.426. The number of halogens is 4. The Labute approximate surface area is 114 Å². The van der Waals surface area contributed by atoms with Crippen molar-refractivity contribution in [2.75, 3.05) is 5.32 Å². The molecule has 0 saturated heterocycles. The van der Waals surface area contributed by atoms with E-state index in [9.17, 15) is 18.0 Å². The molecule has 19 heavy (non-hydrogen) atoms. The summed E-state index contributed by atoms with van der Waals surface area (Å²) in [5.41, 5.74) is 4.19. The van der Waals surface area contributed by atoms with E-state index in [2.05, 4.69) is 5.32 Å². The van der Waals surface area contributed by atoms with Gasteiger partial charge in [0.1, 0.15) is 0 Å². The smallest absolute Gasteiger partial charge is 0.324 e. The van der Waals surface area contributed by atoms with Crippen LogP contribution in [0, 0.1) is 6.92 Å². The second kappa shape index (κ2) is 5.02. The lowest BCUT2D eigenvalue weighted by Crippen LogP contribution is -2.38. The van der Waals surface area contributed by atoms with Crippen molar-refractivity contribution in [2.24, 2.45) is 5.73 Å². The van der Waals surface area contributed by atoms with Gasteiger partial charge in [0.05, 0.1) is 11.1 Å². The average Bonchev–Trinajstić information content (AvgIpc) is 2.99. The highest BCUT2D eigenvalue weighted by Gasteiger charge is 2.46. The predicted molar refractivity (Wildman–Crippen MR) is 68.2 cm³/mol. The lowest BCUT2D eigenvalue weighted by Gasteiger charge is -2.16. The topological polar surface area (TPSA) is 55.1 Å². The summed E-state index contributed by atoms with van der Waals surface area (Å²) in [6.45, 7) is 1.33. The van der Waals surface area contributed by atoms with E-state index in [1.54, 1.807) is 0 Å². The van der Waals surface area contributed by atoms with Crippen LogP contribution in [0.4, 0.5) is 18.9 Å². The summed E-state index contributed by atoms with van der Waals surface area (Å²) in [6.07, 6.45) is -3.29. The van der Waals surface area contributed by atoms with E-state index in [4.69, 9.17) is 5.73 Å². The Balaban J connectivity index is 0.00000180. The van der Waals surface area contributed by atoms with Crippen LogP contribution in [-0.4, -0.2) is 11.4 Å². The third kappa shape index (κ3) is 3.19. The van der Waals surface area contributed by atoms with Crippen molar-refractivity contribution in [1.29, 1.82) is 0 Å². The minimum atomic E-state index is -4.43. The first-order chi connectivity index (χ1) is 8.24. The van der Waals surface area contributed by atoms with Gasteiger partial charge >= 0.3 is 6.18 Å². The SMILES string of the molecule is Cc1c(NC(=O)C2(N)CC2)cccc1C(F)(F)F.Cl. The number of anilines is 1. The molecule has 0 spiro atoms. The quantitative estimate of drug-likeness (QED) is 0.881. The Morgan fingerprint density at radius 3 is 2.42 bits per heavy atom. The number of benzene rings is 1. The van der Waals surface area contributed by atoms with E-state index in [0.29, 0.717) is 12.8 Å². The summed E-state index contributed by atoms with van der Waals surface area (Å²) in [4.78, 5) is 11.7. The van der Waals surface area contributed by atoms with Gasteiger partial charge in [-0.2, -0.15) is 13.2 Å². The van der Waals surface area contributed by atoms with Crippen molar-refractivity contribution in [1.82, 2.24) is 0 Å². The molecule has 1 saturated carbocycles. The molecule has 0 bridgehead atoms. The molecule has 0 heterocycles. The number of hydrogen-bond acceptors (Lipinski definition) is 2. The monoisotopic (exact) mass is 294 g/mol. The molecule has 106 valence electrons. The molecule has 7 heteroatoms. The molecule has 1 aromatic carbocycles. The van der Waals surface area contributed by atoms with E-state index in [1.807, 2.05) is 0 Å². The van der Waals surface area contributed by atoms with Crippen LogP contribution in [-0.2, 0) is 11.0 Å². The van der Waals surface area contributed by atoms with Crippen LogP contribution in [0.15, 0.2) is 18.2 Å². The van der Waals surface area contributed by atoms with Gasteiger partial charge in [-0.15, -0.1) is 12.4 Å². The number of nitrogens with one attached hydrogen (secondary N) is 1. The minimum Gasteiger partial charge on any atom is -0.324 e. The largest absolute Gasteiger partial charge is 0.416 e.